The van der Waals surface area contributed by atoms with Gasteiger partial charge in [0.05, 0.1) is 18.2 Å². The average Bonchev–Trinajstić information content (AvgIpc) is 2.87. The van der Waals surface area contributed by atoms with Gasteiger partial charge in [0.1, 0.15) is 11.3 Å². The molecule has 0 saturated carbocycles. The number of carbonyl (C=O) groups is 1. The van der Waals surface area contributed by atoms with Crippen molar-refractivity contribution < 1.29 is 23.1 Å². The third-order valence-corrected chi connectivity index (χ3v) is 6.15. The van der Waals surface area contributed by atoms with E-state index in [0.29, 0.717) is 33.2 Å². The molecule has 186 valence electrons. The normalized spacial score (nSPS) is 11.6. The van der Waals surface area contributed by atoms with E-state index in [0.717, 1.165) is 5.56 Å². The number of hydrogen-bond acceptors (Lipinski definition) is 7. The number of hydrogen-bond donors (Lipinski definition) is 0. The molecule has 0 amide bonds. The fourth-order valence-electron chi connectivity index (χ4n) is 4.17. The van der Waals surface area contributed by atoms with Crippen molar-refractivity contribution in [3.05, 3.63) is 105 Å². The third kappa shape index (κ3) is 4.63. The molecule has 0 saturated heterocycles. The molecule has 5 aromatic rings. The van der Waals surface area contributed by atoms with Crippen molar-refractivity contribution in [1.82, 2.24) is 0 Å². The number of para-hydroxylation sites is 1. The summed E-state index contributed by atoms with van der Waals surface area (Å²) in [5, 5.41) is 1.13. The minimum atomic E-state index is -0.658. The van der Waals surface area contributed by atoms with Crippen LogP contribution in [0.5, 0.6) is 11.5 Å². The highest BCUT2D eigenvalue weighted by molar-refractivity contribution is 5.97. The molecule has 0 spiro atoms. The Kier molecular flexibility index (Phi) is 5.91. The number of benzene rings is 3. The van der Waals surface area contributed by atoms with Crippen LogP contribution in [0.4, 0.5) is 0 Å². The van der Waals surface area contributed by atoms with Gasteiger partial charge in [-0.3, -0.25) is 0 Å². The van der Waals surface area contributed by atoms with Crippen LogP contribution in [-0.4, -0.2) is 13.1 Å². The molecule has 37 heavy (non-hydrogen) atoms. The van der Waals surface area contributed by atoms with Gasteiger partial charge < -0.3 is 18.3 Å². The Morgan fingerprint density at radius 1 is 0.838 bits per heavy atom. The molecule has 7 nitrogen and oxygen atoms in total. The van der Waals surface area contributed by atoms with Crippen LogP contribution in [0, 0.1) is 0 Å². The van der Waals surface area contributed by atoms with Gasteiger partial charge in [-0.25, -0.2) is 14.4 Å². The van der Waals surface area contributed by atoms with Gasteiger partial charge in [-0.2, -0.15) is 0 Å². The smallest absolute Gasteiger partial charge is 0.344 e. The van der Waals surface area contributed by atoms with Gasteiger partial charge in [-0.1, -0.05) is 45.0 Å². The fourth-order valence-corrected chi connectivity index (χ4v) is 4.17. The van der Waals surface area contributed by atoms with Crippen LogP contribution >= 0.6 is 0 Å². The van der Waals surface area contributed by atoms with Crippen LogP contribution in [0.15, 0.2) is 91.2 Å². The van der Waals surface area contributed by atoms with Gasteiger partial charge in [-0.15, -0.1) is 0 Å². The largest absolute Gasteiger partial charge is 0.493 e. The van der Waals surface area contributed by atoms with Crippen molar-refractivity contribution in [1.29, 1.82) is 0 Å². The maximum absolute atomic E-state index is 12.9. The topological polar surface area (TPSA) is 96.0 Å². The first kappa shape index (κ1) is 24.1. The summed E-state index contributed by atoms with van der Waals surface area (Å²) in [6.07, 6.45) is 0. The first-order valence-corrected chi connectivity index (χ1v) is 11.7. The van der Waals surface area contributed by atoms with Gasteiger partial charge in [0.15, 0.2) is 11.3 Å². The number of rotatable bonds is 4. The highest BCUT2D eigenvalue weighted by Crippen LogP contribution is 2.32. The SMILES string of the molecule is COc1cccc2cc(-c3cc(=O)oc4cc(OC(=O)c5ccc(C(C)(C)C)cc5)ccc34)c(=O)oc12. The molecule has 0 fully saturated rings. The number of carbonyl (C=O) groups excluding carboxylic acids is 1. The molecule has 0 aliphatic heterocycles. The van der Waals surface area contributed by atoms with E-state index in [9.17, 15) is 14.4 Å². The molecule has 7 heteroatoms. The molecule has 0 N–H and O–H groups in total. The molecule has 2 aromatic heterocycles. The van der Waals surface area contributed by atoms with Crippen LogP contribution in [-0.2, 0) is 5.41 Å². The monoisotopic (exact) mass is 496 g/mol. The summed E-state index contributed by atoms with van der Waals surface area (Å²) in [5.74, 6) is 0.0912. The Bertz CT molecular complexity index is 1770. The summed E-state index contributed by atoms with van der Waals surface area (Å²) in [6, 6.07) is 20.0. The minimum Gasteiger partial charge on any atom is -0.493 e. The van der Waals surface area contributed by atoms with Crippen LogP contribution < -0.4 is 20.7 Å². The molecule has 5 rings (SSSR count). The van der Waals surface area contributed by atoms with Crippen LogP contribution in [0.2, 0.25) is 0 Å². The van der Waals surface area contributed by atoms with Crippen molar-refractivity contribution in [2.75, 3.05) is 7.11 Å². The van der Waals surface area contributed by atoms with Gasteiger partial charge >= 0.3 is 17.2 Å². The Labute approximate surface area is 211 Å². The van der Waals surface area contributed by atoms with Crippen molar-refractivity contribution in [2.45, 2.75) is 26.2 Å². The fraction of sp³-hybridized carbons (Fsp3) is 0.167. The van der Waals surface area contributed by atoms with E-state index in [-0.39, 0.29) is 22.3 Å². The highest BCUT2D eigenvalue weighted by Gasteiger charge is 2.18. The summed E-state index contributed by atoms with van der Waals surface area (Å²) in [6.45, 7) is 6.28. The van der Waals surface area contributed by atoms with Crippen LogP contribution in [0.25, 0.3) is 33.1 Å². The third-order valence-electron chi connectivity index (χ3n) is 6.15. The van der Waals surface area contributed by atoms with Crippen molar-refractivity contribution in [3.63, 3.8) is 0 Å². The van der Waals surface area contributed by atoms with Crippen molar-refractivity contribution >= 4 is 27.9 Å². The second-order valence-corrected chi connectivity index (χ2v) is 9.68. The lowest BCUT2D eigenvalue weighted by Crippen LogP contribution is -2.13. The van der Waals surface area contributed by atoms with Gasteiger partial charge in [0.25, 0.3) is 0 Å². The van der Waals surface area contributed by atoms with Gasteiger partial charge in [0.2, 0.25) is 0 Å². The highest BCUT2D eigenvalue weighted by atomic mass is 16.5. The zero-order valence-electron chi connectivity index (χ0n) is 20.8. The summed E-state index contributed by atoms with van der Waals surface area (Å²) in [7, 11) is 1.49. The zero-order chi connectivity index (χ0) is 26.3. The Hall–Kier alpha value is -4.65. The quantitative estimate of drug-likeness (QED) is 0.169. The van der Waals surface area contributed by atoms with E-state index >= 15 is 0 Å². The van der Waals surface area contributed by atoms with Crippen LogP contribution in [0.1, 0.15) is 36.7 Å². The molecule has 0 bridgehead atoms. The Balaban J connectivity index is 1.52. The van der Waals surface area contributed by atoms with Gasteiger partial charge in [0, 0.05) is 28.5 Å². The first-order chi connectivity index (χ1) is 17.6. The van der Waals surface area contributed by atoms with E-state index in [2.05, 4.69) is 20.8 Å². The average molecular weight is 497 g/mol. The Morgan fingerprint density at radius 2 is 1.59 bits per heavy atom. The molecule has 3 aromatic carbocycles. The molecule has 0 aliphatic rings. The second-order valence-electron chi connectivity index (χ2n) is 9.68. The molecule has 0 aliphatic carbocycles. The Morgan fingerprint density at radius 3 is 2.30 bits per heavy atom. The standard InChI is InChI=1S/C30H24O7/c1-30(2,3)19-10-8-17(9-11-19)28(32)35-20-12-13-21-22(16-26(31)36-25(21)15-20)23-14-18-6-5-7-24(34-4)27(18)37-29(23)33/h5-16H,1-4H3. The molecule has 0 unspecified atom stereocenters. The lowest BCUT2D eigenvalue weighted by molar-refractivity contribution is 0.0735. The first-order valence-electron chi connectivity index (χ1n) is 11.7. The second kappa shape index (κ2) is 9.09. The molecular weight excluding hydrogens is 472 g/mol. The summed E-state index contributed by atoms with van der Waals surface area (Å²) < 4.78 is 21.7. The van der Waals surface area contributed by atoms with Crippen molar-refractivity contribution in [2.24, 2.45) is 0 Å². The summed E-state index contributed by atoms with van der Waals surface area (Å²) in [4.78, 5) is 38.0. The maximum atomic E-state index is 12.9. The summed E-state index contributed by atoms with van der Waals surface area (Å²) >= 11 is 0. The lowest BCUT2D eigenvalue weighted by Gasteiger charge is -2.18. The van der Waals surface area contributed by atoms with Crippen LogP contribution in [0.3, 0.4) is 0 Å². The summed E-state index contributed by atoms with van der Waals surface area (Å²) in [5.41, 5.74) is 1.20. The van der Waals surface area contributed by atoms with E-state index in [1.165, 1.54) is 19.2 Å². The maximum Gasteiger partial charge on any atom is 0.344 e. The van der Waals surface area contributed by atoms with E-state index < -0.39 is 17.2 Å². The number of methoxy groups -OCH3 is 1. The van der Waals surface area contributed by atoms with Gasteiger partial charge in [-0.05, 0) is 47.4 Å². The predicted molar refractivity (Wildman–Crippen MR) is 141 cm³/mol. The predicted octanol–water partition coefficient (Wildman–Crippen LogP) is 6.09. The molecule has 2 heterocycles. The number of fused-ring (bicyclic) bond motifs is 2. The van der Waals surface area contributed by atoms with E-state index in [1.807, 2.05) is 12.1 Å². The van der Waals surface area contributed by atoms with E-state index in [1.54, 1.807) is 48.5 Å². The minimum absolute atomic E-state index is 0.0373. The number of ether oxygens (including phenoxy) is 2. The molecule has 0 atom stereocenters. The number of esters is 1. The molecule has 0 radical (unpaired) electrons. The van der Waals surface area contributed by atoms with E-state index in [4.69, 9.17) is 18.3 Å². The van der Waals surface area contributed by atoms with Crippen molar-refractivity contribution in [3.8, 4) is 22.6 Å². The molecular formula is C30H24O7. The lowest BCUT2D eigenvalue weighted by atomic mass is 9.87. The zero-order valence-corrected chi connectivity index (χ0v) is 20.8.